The fourth-order valence-corrected chi connectivity index (χ4v) is 2.48. The van der Waals surface area contributed by atoms with Gasteiger partial charge in [-0.15, -0.1) is 0 Å². The summed E-state index contributed by atoms with van der Waals surface area (Å²) in [7, 11) is 0. The molecule has 0 spiro atoms. The summed E-state index contributed by atoms with van der Waals surface area (Å²) in [6.07, 6.45) is 3.62. The molecule has 1 aliphatic heterocycles. The Balaban J connectivity index is 1.91. The van der Waals surface area contributed by atoms with Gasteiger partial charge in [0.1, 0.15) is 5.67 Å². The lowest BCUT2D eigenvalue weighted by Crippen LogP contribution is -2.45. The van der Waals surface area contributed by atoms with Crippen molar-refractivity contribution in [2.45, 2.75) is 44.8 Å². The van der Waals surface area contributed by atoms with E-state index in [1.807, 2.05) is 18.3 Å². The highest BCUT2D eigenvalue weighted by Gasteiger charge is 2.29. The number of rotatable bonds is 5. The van der Waals surface area contributed by atoms with Gasteiger partial charge in [-0.2, -0.15) is 0 Å². The van der Waals surface area contributed by atoms with Crippen molar-refractivity contribution in [3.63, 3.8) is 0 Å². The zero-order chi connectivity index (χ0) is 13.7. The summed E-state index contributed by atoms with van der Waals surface area (Å²) < 4.78 is 20.0. The summed E-state index contributed by atoms with van der Waals surface area (Å²) in [5.74, 6) is 0. The van der Waals surface area contributed by atoms with Crippen LogP contribution in [0.3, 0.4) is 0 Å². The lowest BCUT2D eigenvalue weighted by Gasteiger charge is -2.29. The van der Waals surface area contributed by atoms with Crippen molar-refractivity contribution < 1.29 is 9.13 Å². The number of morpholine rings is 1. The van der Waals surface area contributed by atoms with Gasteiger partial charge in [0.2, 0.25) is 0 Å². The minimum absolute atomic E-state index is 0.110. The second-order valence-electron chi connectivity index (χ2n) is 5.53. The number of nitrogens with one attached hydrogen (secondary N) is 1. The van der Waals surface area contributed by atoms with E-state index >= 15 is 0 Å². The van der Waals surface area contributed by atoms with Crippen LogP contribution in [-0.2, 0) is 17.6 Å². The Labute approximate surface area is 114 Å². The summed E-state index contributed by atoms with van der Waals surface area (Å²) in [5, 5.41) is 3.29. The average Bonchev–Trinajstić information content (AvgIpc) is 2.39. The number of pyridine rings is 1. The molecular formula is C15H23FN2O. The maximum Gasteiger partial charge on any atom is 0.115 e. The Kier molecular flexibility index (Phi) is 4.88. The Morgan fingerprint density at radius 2 is 2.37 bits per heavy atom. The molecule has 0 bridgehead atoms. The normalized spacial score (nSPS) is 23.0. The number of ether oxygens (including phenoxy) is 1. The van der Waals surface area contributed by atoms with Crippen molar-refractivity contribution in [2.75, 3.05) is 19.8 Å². The van der Waals surface area contributed by atoms with Gasteiger partial charge in [0, 0.05) is 30.9 Å². The lowest BCUT2D eigenvalue weighted by molar-refractivity contribution is 0.0481. The smallest absolute Gasteiger partial charge is 0.115 e. The van der Waals surface area contributed by atoms with Gasteiger partial charge >= 0.3 is 0 Å². The third-order valence-corrected chi connectivity index (χ3v) is 3.51. The molecule has 0 radical (unpaired) electrons. The van der Waals surface area contributed by atoms with Gasteiger partial charge < -0.3 is 10.1 Å². The Bertz CT molecular complexity index is 386. The molecule has 1 aliphatic rings. The molecule has 2 atom stereocenters. The minimum Gasteiger partial charge on any atom is -0.379 e. The lowest BCUT2D eigenvalue weighted by atomic mass is 9.93. The molecule has 106 valence electrons. The summed E-state index contributed by atoms with van der Waals surface area (Å²) in [6.45, 7) is 5.87. The van der Waals surface area contributed by atoms with Gasteiger partial charge in [0.05, 0.1) is 13.2 Å². The van der Waals surface area contributed by atoms with Gasteiger partial charge in [-0.25, -0.2) is 4.39 Å². The van der Waals surface area contributed by atoms with Gasteiger partial charge in [0.25, 0.3) is 0 Å². The Morgan fingerprint density at radius 3 is 2.95 bits per heavy atom. The third kappa shape index (κ3) is 4.55. The molecule has 1 N–H and O–H groups in total. The van der Waals surface area contributed by atoms with Crippen molar-refractivity contribution in [3.8, 4) is 0 Å². The molecule has 1 aromatic rings. The van der Waals surface area contributed by atoms with Crippen molar-refractivity contribution in [1.29, 1.82) is 0 Å². The van der Waals surface area contributed by atoms with Gasteiger partial charge in [-0.05, 0) is 31.4 Å². The van der Waals surface area contributed by atoms with Crippen molar-refractivity contribution in [2.24, 2.45) is 0 Å². The number of hydrogen-bond donors (Lipinski definition) is 1. The van der Waals surface area contributed by atoms with Crippen LogP contribution in [0.2, 0.25) is 0 Å². The zero-order valence-electron chi connectivity index (χ0n) is 11.8. The number of halogens is 1. The van der Waals surface area contributed by atoms with Gasteiger partial charge in [-0.1, -0.05) is 13.0 Å². The molecule has 1 fully saturated rings. The first kappa shape index (κ1) is 14.4. The van der Waals surface area contributed by atoms with E-state index in [9.17, 15) is 4.39 Å². The maximum atomic E-state index is 14.6. The van der Waals surface area contributed by atoms with E-state index in [2.05, 4.69) is 17.2 Å². The standard InChI is InChI=1S/C15H23FN2O/c1-3-12-4-5-13(18-10-12)8-15(2,16)9-14-11-19-7-6-17-14/h4-5,10,14,17H,3,6-9,11H2,1-2H3. The topological polar surface area (TPSA) is 34.1 Å². The molecule has 2 heterocycles. The van der Waals surface area contributed by atoms with Crippen molar-refractivity contribution in [3.05, 3.63) is 29.6 Å². The first-order valence-corrected chi connectivity index (χ1v) is 7.03. The monoisotopic (exact) mass is 266 g/mol. The third-order valence-electron chi connectivity index (χ3n) is 3.51. The molecule has 3 nitrogen and oxygen atoms in total. The fraction of sp³-hybridized carbons (Fsp3) is 0.667. The molecule has 0 aliphatic carbocycles. The van der Waals surface area contributed by atoms with E-state index in [-0.39, 0.29) is 6.04 Å². The number of hydrogen-bond acceptors (Lipinski definition) is 3. The van der Waals surface area contributed by atoms with E-state index in [4.69, 9.17) is 4.74 Å². The van der Waals surface area contributed by atoms with E-state index in [0.29, 0.717) is 19.4 Å². The quantitative estimate of drug-likeness (QED) is 0.888. The van der Waals surface area contributed by atoms with Gasteiger partial charge in [0.15, 0.2) is 0 Å². The molecule has 0 amide bonds. The summed E-state index contributed by atoms with van der Waals surface area (Å²) in [5.41, 5.74) is 0.754. The predicted molar refractivity (Wildman–Crippen MR) is 74.1 cm³/mol. The van der Waals surface area contributed by atoms with E-state index in [1.54, 1.807) is 6.92 Å². The van der Waals surface area contributed by atoms with Crippen LogP contribution in [0.1, 0.15) is 31.5 Å². The van der Waals surface area contributed by atoms with Gasteiger partial charge in [-0.3, -0.25) is 4.98 Å². The van der Waals surface area contributed by atoms with Crippen molar-refractivity contribution >= 4 is 0 Å². The highest BCUT2D eigenvalue weighted by atomic mass is 19.1. The molecule has 0 aromatic carbocycles. The first-order valence-electron chi connectivity index (χ1n) is 7.03. The summed E-state index contributed by atoms with van der Waals surface area (Å²) in [6, 6.07) is 4.07. The maximum absolute atomic E-state index is 14.6. The second kappa shape index (κ2) is 6.44. The Morgan fingerprint density at radius 1 is 1.53 bits per heavy atom. The molecule has 2 rings (SSSR count). The number of aromatic nitrogens is 1. The van der Waals surface area contributed by atoms with Crippen LogP contribution < -0.4 is 5.32 Å². The molecular weight excluding hydrogens is 243 g/mol. The SMILES string of the molecule is CCc1ccc(CC(C)(F)CC2COCCN2)nc1. The van der Waals surface area contributed by atoms with Crippen LogP contribution in [0.15, 0.2) is 18.3 Å². The number of nitrogens with zero attached hydrogens (tertiary/aromatic N) is 1. The van der Waals surface area contributed by atoms with Crippen LogP contribution >= 0.6 is 0 Å². The highest BCUT2D eigenvalue weighted by molar-refractivity contribution is 5.15. The summed E-state index contributed by atoms with van der Waals surface area (Å²) >= 11 is 0. The zero-order valence-corrected chi connectivity index (χ0v) is 11.8. The Hall–Kier alpha value is -1.00. The van der Waals surface area contributed by atoms with Crippen molar-refractivity contribution in [1.82, 2.24) is 10.3 Å². The summed E-state index contributed by atoms with van der Waals surface area (Å²) in [4.78, 5) is 4.34. The van der Waals surface area contributed by atoms with E-state index in [0.717, 1.165) is 25.3 Å². The van der Waals surface area contributed by atoms with E-state index < -0.39 is 5.67 Å². The van der Waals surface area contributed by atoms with Crippen LogP contribution in [-0.4, -0.2) is 36.5 Å². The number of alkyl halides is 1. The van der Waals surface area contributed by atoms with Crippen LogP contribution in [0.4, 0.5) is 4.39 Å². The first-order chi connectivity index (χ1) is 9.09. The van der Waals surface area contributed by atoms with Crippen LogP contribution in [0, 0.1) is 0 Å². The molecule has 19 heavy (non-hydrogen) atoms. The van der Waals surface area contributed by atoms with E-state index in [1.165, 1.54) is 5.56 Å². The molecule has 2 unspecified atom stereocenters. The fourth-order valence-electron chi connectivity index (χ4n) is 2.48. The second-order valence-corrected chi connectivity index (χ2v) is 5.53. The van der Waals surface area contributed by atoms with Crippen LogP contribution in [0.5, 0.6) is 0 Å². The number of aryl methyl sites for hydroxylation is 1. The average molecular weight is 266 g/mol. The largest absolute Gasteiger partial charge is 0.379 e. The molecule has 4 heteroatoms. The minimum atomic E-state index is -1.25. The molecule has 1 saturated heterocycles. The highest BCUT2D eigenvalue weighted by Crippen LogP contribution is 2.23. The molecule has 1 aromatic heterocycles. The van der Waals surface area contributed by atoms with Crippen LogP contribution in [0.25, 0.3) is 0 Å². The molecule has 0 saturated carbocycles. The predicted octanol–water partition coefficient (Wildman–Crippen LogP) is 2.29.